The molecule has 7 N–H and O–H groups in total. The highest BCUT2D eigenvalue weighted by molar-refractivity contribution is 5.12. The van der Waals surface area contributed by atoms with Crippen molar-refractivity contribution in [3.05, 3.63) is 12.2 Å². The van der Waals surface area contributed by atoms with Crippen molar-refractivity contribution in [2.24, 2.45) is 11.3 Å². The molecule has 0 amide bonds. The zero-order valence-electron chi connectivity index (χ0n) is 16.7. The predicted molar refractivity (Wildman–Crippen MR) is 98.0 cm³/mol. The van der Waals surface area contributed by atoms with E-state index in [-0.39, 0.29) is 0 Å². The summed E-state index contributed by atoms with van der Waals surface area (Å²) in [5.74, 6) is -0.487. The summed E-state index contributed by atoms with van der Waals surface area (Å²) < 4.78 is 10.9. The first-order chi connectivity index (χ1) is 12.8. The molecule has 9 nitrogen and oxygen atoms in total. The van der Waals surface area contributed by atoms with Gasteiger partial charge in [-0.2, -0.15) is 0 Å². The standard InChI is InChI=1S/C19H34O9/c1-9(27-17-15(24)14(23)13(22)11(8-20)28-17)5-6-12-18(2,3)7-10(21)16(25)19(12,4)26/h5-6,9-17,20-26H,7-8H2,1-4H3/b6-5+/t9-,10+,11-,12+,13-,14+,15-,16-,17-,19-/m1/s1. The lowest BCUT2D eigenvalue weighted by Crippen LogP contribution is -2.61. The fourth-order valence-electron chi connectivity index (χ4n) is 4.30. The maximum atomic E-state index is 10.8. The van der Waals surface area contributed by atoms with Crippen LogP contribution in [0, 0.1) is 11.3 Å². The summed E-state index contributed by atoms with van der Waals surface area (Å²) >= 11 is 0. The molecule has 1 saturated heterocycles. The fourth-order valence-corrected chi connectivity index (χ4v) is 4.30. The molecule has 1 aliphatic heterocycles. The number of hydrogen-bond acceptors (Lipinski definition) is 9. The predicted octanol–water partition coefficient (Wildman–Crippen LogP) is -1.73. The van der Waals surface area contributed by atoms with Crippen molar-refractivity contribution in [1.82, 2.24) is 0 Å². The largest absolute Gasteiger partial charge is 0.394 e. The molecule has 0 aromatic rings. The zero-order valence-corrected chi connectivity index (χ0v) is 16.7. The van der Waals surface area contributed by atoms with Crippen molar-refractivity contribution in [2.45, 2.75) is 88.7 Å². The van der Waals surface area contributed by atoms with E-state index in [1.165, 1.54) is 6.92 Å². The van der Waals surface area contributed by atoms with E-state index >= 15 is 0 Å². The summed E-state index contributed by atoms with van der Waals surface area (Å²) in [6, 6.07) is 0. The van der Waals surface area contributed by atoms with Gasteiger partial charge in [-0.15, -0.1) is 0 Å². The molecule has 164 valence electrons. The van der Waals surface area contributed by atoms with Gasteiger partial charge in [-0.1, -0.05) is 26.0 Å². The normalized spacial score (nSPS) is 48.0. The molecule has 0 bridgehead atoms. The van der Waals surface area contributed by atoms with Gasteiger partial charge in [0.05, 0.1) is 24.4 Å². The van der Waals surface area contributed by atoms with E-state index in [9.17, 15) is 35.7 Å². The van der Waals surface area contributed by atoms with Crippen LogP contribution in [-0.4, -0.2) is 97.0 Å². The first-order valence-corrected chi connectivity index (χ1v) is 9.55. The second kappa shape index (κ2) is 8.63. The van der Waals surface area contributed by atoms with Crippen LogP contribution in [0.25, 0.3) is 0 Å². The molecule has 0 aromatic carbocycles. The Morgan fingerprint density at radius 1 is 1.07 bits per heavy atom. The van der Waals surface area contributed by atoms with Crippen LogP contribution in [0.2, 0.25) is 0 Å². The first-order valence-electron chi connectivity index (χ1n) is 9.55. The molecule has 0 aromatic heterocycles. The van der Waals surface area contributed by atoms with Crippen molar-refractivity contribution in [1.29, 1.82) is 0 Å². The maximum Gasteiger partial charge on any atom is 0.187 e. The number of aliphatic hydroxyl groups is 7. The molecule has 0 radical (unpaired) electrons. The Morgan fingerprint density at radius 2 is 1.68 bits per heavy atom. The molecule has 9 heteroatoms. The Kier molecular flexibility index (Phi) is 7.29. The van der Waals surface area contributed by atoms with Crippen molar-refractivity contribution in [2.75, 3.05) is 6.61 Å². The van der Waals surface area contributed by atoms with E-state index in [2.05, 4.69) is 0 Å². The van der Waals surface area contributed by atoms with Gasteiger partial charge in [0.15, 0.2) is 6.29 Å². The van der Waals surface area contributed by atoms with Gasteiger partial charge < -0.3 is 45.2 Å². The van der Waals surface area contributed by atoms with E-state index in [0.717, 1.165) is 0 Å². The van der Waals surface area contributed by atoms with E-state index in [0.29, 0.717) is 6.42 Å². The monoisotopic (exact) mass is 406 g/mol. The Bertz CT molecular complexity index is 548. The molecule has 1 heterocycles. The molecule has 0 spiro atoms. The van der Waals surface area contributed by atoms with Crippen LogP contribution in [0.5, 0.6) is 0 Å². The van der Waals surface area contributed by atoms with E-state index in [4.69, 9.17) is 9.47 Å². The molecule has 2 fully saturated rings. The molecule has 0 unspecified atom stereocenters. The summed E-state index contributed by atoms with van der Waals surface area (Å²) in [6.07, 6.45) is -6.11. The van der Waals surface area contributed by atoms with Gasteiger partial charge in [-0.25, -0.2) is 0 Å². The smallest absolute Gasteiger partial charge is 0.187 e. The fraction of sp³-hybridized carbons (Fsp3) is 0.895. The summed E-state index contributed by atoms with van der Waals surface area (Å²) in [5, 5.41) is 69.9. The van der Waals surface area contributed by atoms with Gasteiger partial charge in [0.2, 0.25) is 0 Å². The van der Waals surface area contributed by atoms with Crippen LogP contribution in [0.1, 0.15) is 34.1 Å². The maximum absolute atomic E-state index is 10.8. The van der Waals surface area contributed by atoms with Crippen LogP contribution in [-0.2, 0) is 9.47 Å². The zero-order chi connectivity index (χ0) is 21.4. The lowest BCUT2D eigenvalue weighted by molar-refractivity contribution is -0.306. The topological polar surface area (TPSA) is 160 Å². The van der Waals surface area contributed by atoms with Crippen LogP contribution < -0.4 is 0 Å². The summed E-state index contributed by atoms with van der Waals surface area (Å²) in [5.41, 5.74) is -2.05. The molecule has 2 aliphatic rings. The first kappa shape index (κ1) is 23.7. The summed E-state index contributed by atoms with van der Waals surface area (Å²) in [6.45, 7) is 6.35. The van der Waals surface area contributed by atoms with E-state index in [1.54, 1.807) is 19.1 Å². The third-order valence-corrected chi connectivity index (χ3v) is 5.94. The van der Waals surface area contributed by atoms with Crippen molar-refractivity contribution >= 4 is 0 Å². The molecule has 1 aliphatic carbocycles. The minimum atomic E-state index is -1.56. The average Bonchev–Trinajstić information content (AvgIpc) is 2.59. The number of rotatable bonds is 5. The van der Waals surface area contributed by atoms with Crippen molar-refractivity contribution in [3.8, 4) is 0 Å². The van der Waals surface area contributed by atoms with Gasteiger partial charge in [-0.3, -0.25) is 0 Å². The highest BCUT2D eigenvalue weighted by Gasteiger charge is 2.53. The Hall–Kier alpha value is -0.620. The molecular formula is C19H34O9. The van der Waals surface area contributed by atoms with Crippen molar-refractivity contribution in [3.63, 3.8) is 0 Å². The third kappa shape index (κ3) is 4.58. The number of ether oxygens (including phenoxy) is 2. The van der Waals surface area contributed by atoms with Crippen molar-refractivity contribution < 1.29 is 45.2 Å². The van der Waals surface area contributed by atoms with Gasteiger partial charge >= 0.3 is 0 Å². The van der Waals surface area contributed by atoms with Crippen LogP contribution in [0.4, 0.5) is 0 Å². The minimum Gasteiger partial charge on any atom is -0.394 e. The Morgan fingerprint density at radius 3 is 2.25 bits per heavy atom. The highest BCUT2D eigenvalue weighted by atomic mass is 16.7. The van der Waals surface area contributed by atoms with E-state index in [1.807, 2.05) is 13.8 Å². The van der Waals surface area contributed by atoms with Crippen LogP contribution in [0.3, 0.4) is 0 Å². The van der Waals surface area contributed by atoms with Gasteiger partial charge in [-0.05, 0) is 25.7 Å². The summed E-state index contributed by atoms with van der Waals surface area (Å²) in [4.78, 5) is 0. The lowest BCUT2D eigenvalue weighted by atomic mass is 9.59. The SMILES string of the molecule is C[C@H](/C=C/[C@H]1C(C)(C)C[C@H](O)[C@@H](O)[C@]1(C)O)O[C@@H]1O[C@H](CO)[C@@H](O)[C@H](O)[C@H]1O. The van der Waals surface area contributed by atoms with Gasteiger partial charge in [0.25, 0.3) is 0 Å². The number of aliphatic hydroxyl groups excluding tert-OH is 6. The molecule has 28 heavy (non-hydrogen) atoms. The molecule has 2 rings (SSSR count). The minimum absolute atomic E-state index is 0.307. The Balaban J connectivity index is 2.09. The van der Waals surface area contributed by atoms with Gasteiger partial charge in [0, 0.05) is 5.92 Å². The molecular weight excluding hydrogens is 372 g/mol. The lowest BCUT2D eigenvalue weighted by Gasteiger charge is -2.51. The number of hydrogen-bond donors (Lipinski definition) is 7. The highest BCUT2D eigenvalue weighted by Crippen LogP contribution is 2.47. The summed E-state index contributed by atoms with van der Waals surface area (Å²) in [7, 11) is 0. The molecule has 1 saturated carbocycles. The quantitative estimate of drug-likeness (QED) is 0.263. The second-order valence-electron chi connectivity index (χ2n) is 8.83. The second-order valence-corrected chi connectivity index (χ2v) is 8.83. The third-order valence-electron chi connectivity index (χ3n) is 5.94. The van der Waals surface area contributed by atoms with Gasteiger partial charge in [0.1, 0.15) is 30.5 Å². The Labute approximate surface area is 164 Å². The van der Waals surface area contributed by atoms with Crippen LogP contribution >= 0.6 is 0 Å². The average molecular weight is 406 g/mol. The van der Waals surface area contributed by atoms with E-state index < -0.39 is 72.6 Å². The van der Waals surface area contributed by atoms with Crippen LogP contribution in [0.15, 0.2) is 12.2 Å². The molecule has 10 atom stereocenters.